The van der Waals surface area contributed by atoms with Crippen molar-refractivity contribution >= 4 is 11.7 Å². The summed E-state index contributed by atoms with van der Waals surface area (Å²) in [5, 5.41) is 0. The van der Waals surface area contributed by atoms with Gasteiger partial charge in [0.25, 0.3) is 5.91 Å². The van der Waals surface area contributed by atoms with Crippen LogP contribution in [0, 0.1) is 5.92 Å². The molecule has 1 aromatic heterocycles. The van der Waals surface area contributed by atoms with Crippen LogP contribution in [0.4, 0.5) is 5.82 Å². The first kappa shape index (κ1) is 11.8. The minimum atomic E-state index is -0.0643. The van der Waals surface area contributed by atoms with Crippen LogP contribution >= 0.6 is 0 Å². The van der Waals surface area contributed by atoms with E-state index in [1.807, 2.05) is 4.90 Å². The summed E-state index contributed by atoms with van der Waals surface area (Å²) < 4.78 is 0. The van der Waals surface area contributed by atoms with Crippen molar-refractivity contribution < 1.29 is 4.79 Å². The zero-order valence-corrected chi connectivity index (χ0v) is 9.89. The van der Waals surface area contributed by atoms with Crippen molar-refractivity contribution in [2.24, 2.45) is 11.8 Å². The molecule has 1 aliphatic rings. The quantitative estimate of drug-likeness (QED) is 0.593. The van der Waals surface area contributed by atoms with Crippen molar-refractivity contribution in [2.75, 3.05) is 18.5 Å². The van der Waals surface area contributed by atoms with Crippen LogP contribution in [0.25, 0.3) is 0 Å². The van der Waals surface area contributed by atoms with Crippen molar-refractivity contribution in [3.63, 3.8) is 0 Å². The number of nitrogen functional groups attached to an aromatic ring is 1. The summed E-state index contributed by atoms with van der Waals surface area (Å²) in [5.41, 5.74) is 2.73. The van der Waals surface area contributed by atoms with Crippen LogP contribution in [-0.4, -0.2) is 33.9 Å². The van der Waals surface area contributed by atoms with E-state index in [0.717, 1.165) is 25.9 Å². The molecule has 1 unspecified atom stereocenters. The lowest BCUT2D eigenvalue weighted by atomic mass is 10.1. The van der Waals surface area contributed by atoms with E-state index in [4.69, 9.17) is 5.84 Å². The molecule has 3 N–H and O–H groups in total. The van der Waals surface area contributed by atoms with Gasteiger partial charge in [-0.25, -0.2) is 10.8 Å². The first-order valence-corrected chi connectivity index (χ1v) is 5.82. The predicted octanol–water partition coefficient (Wildman–Crippen LogP) is 0.634. The van der Waals surface area contributed by atoms with Crippen LogP contribution in [0.1, 0.15) is 30.3 Å². The number of nitrogens with two attached hydrogens (primary N) is 1. The SMILES string of the molecule is CCC1CCN(C(=O)c2cncc(NN)n2)C1. The molecule has 0 spiro atoms. The lowest BCUT2D eigenvalue weighted by Gasteiger charge is -2.15. The van der Waals surface area contributed by atoms with E-state index in [0.29, 0.717) is 17.4 Å². The number of carbonyl (C=O) groups excluding carboxylic acids is 1. The second kappa shape index (κ2) is 5.09. The Labute approximate surface area is 100 Å². The second-order valence-corrected chi connectivity index (χ2v) is 4.25. The number of nitrogens with one attached hydrogen (secondary N) is 1. The zero-order valence-electron chi connectivity index (χ0n) is 9.89. The summed E-state index contributed by atoms with van der Waals surface area (Å²) in [6.07, 6.45) is 5.14. The Morgan fingerprint density at radius 2 is 2.47 bits per heavy atom. The van der Waals surface area contributed by atoms with Gasteiger partial charge >= 0.3 is 0 Å². The van der Waals surface area contributed by atoms with Gasteiger partial charge in [-0.3, -0.25) is 9.78 Å². The summed E-state index contributed by atoms with van der Waals surface area (Å²) in [6, 6.07) is 0. The van der Waals surface area contributed by atoms with Crippen LogP contribution in [0.15, 0.2) is 12.4 Å². The number of hydrogen-bond donors (Lipinski definition) is 2. The van der Waals surface area contributed by atoms with Gasteiger partial charge < -0.3 is 10.3 Å². The average Bonchev–Trinajstić information content (AvgIpc) is 2.86. The standard InChI is InChI=1S/C11H17N5O/c1-2-8-3-4-16(7-8)11(17)9-5-13-6-10(14-9)15-12/h5-6,8H,2-4,7,12H2,1H3,(H,14,15). The van der Waals surface area contributed by atoms with E-state index < -0.39 is 0 Å². The van der Waals surface area contributed by atoms with Crippen molar-refractivity contribution in [1.82, 2.24) is 14.9 Å². The molecule has 0 aliphatic carbocycles. The molecule has 6 nitrogen and oxygen atoms in total. The van der Waals surface area contributed by atoms with Crippen LogP contribution < -0.4 is 11.3 Å². The normalized spacial score (nSPS) is 19.4. The molecule has 2 rings (SSSR count). The number of likely N-dealkylation sites (tertiary alicyclic amines) is 1. The van der Waals surface area contributed by atoms with Crippen LogP contribution in [0.5, 0.6) is 0 Å². The van der Waals surface area contributed by atoms with Gasteiger partial charge in [0.15, 0.2) is 5.82 Å². The molecule has 1 aromatic rings. The van der Waals surface area contributed by atoms with E-state index in [9.17, 15) is 4.79 Å². The largest absolute Gasteiger partial charge is 0.337 e. The fraction of sp³-hybridized carbons (Fsp3) is 0.545. The van der Waals surface area contributed by atoms with Gasteiger partial charge in [0.1, 0.15) is 5.69 Å². The maximum Gasteiger partial charge on any atom is 0.274 e. The number of carbonyl (C=O) groups is 1. The fourth-order valence-corrected chi connectivity index (χ4v) is 2.05. The van der Waals surface area contributed by atoms with Gasteiger partial charge in [0.2, 0.25) is 0 Å². The molecule has 1 fully saturated rings. The summed E-state index contributed by atoms with van der Waals surface area (Å²) in [7, 11) is 0. The van der Waals surface area contributed by atoms with Gasteiger partial charge in [-0.2, -0.15) is 0 Å². The molecule has 1 amide bonds. The number of amides is 1. The summed E-state index contributed by atoms with van der Waals surface area (Å²) in [5.74, 6) is 6.19. The van der Waals surface area contributed by atoms with Crippen LogP contribution in [-0.2, 0) is 0 Å². The lowest BCUT2D eigenvalue weighted by Crippen LogP contribution is -2.29. The van der Waals surface area contributed by atoms with Crippen molar-refractivity contribution in [1.29, 1.82) is 0 Å². The molecule has 1 aliphatic heterocycles. The Morgan fingerprint density at radius 3 is 3.12 bits per heavy atom. The Morgan fingerprint density at radius 1 is 1.65 bits per heavy atom. The molecular formula is C11H17N5O. The number of nitrogens with zero attached hydrogens (tertiary/aromatic N) is 3. The highest BCUT2D eigenvalue weighted by molar-refractivity contribution is 5.92. The van der Waals surface area contributed by atoms with Crippen LogP contribution in [0.3, 0.4) is 0 Å². The van der Waals surface area contributed by atoms with Crippen molar-refractivity contribution in [3.05, 3.63) is 18.1 Å². The average molecular weight is 235 g/mol. The Bertz CT molecular complexity index is 409. The molecular weight excluding hydrogens is 218 g/mol. The first-order chi connectivity index (χ1) is 8.24. The van der Waals surface area contributed by atoms with Gasteiger partial charge in [0, 0.05) is 13.1 Å². The summed E-state index contributed by atoms with van der Waals surface area (Å²) >= 11 is 0. The van der Waals surface area contributed by atoms with E-state index in [-0.39, 0.29) is 5.91 Å². The van der Waals surface area contributed by atoms with Gasteiger partial charge in [-0.05, 0) is 12.3 Å². The predicted molar refractivity (Wildman–Crippen MR) is 64.1 cm³/mol. The smallest absolute Gasteiger partial charge is 0.274 e. The molecule has 1 atom stereocenters. The molecule has 17 heavy (non-hydrogen) atoms. The molecule has 92 valence electrons. The van der Waals surface area contributed by atoms with Gasteiger partial charge in [-0.1, -0.05) is 13.3 Å². The summed E-state index contributed by atoms with van der Waals surface area (Å²) in [6.45, 7) is 3.77. The Kier molecular flexibility index (Phi) is 3.53. The topological polar surface area (TPSA) is 84.1 Å². The van der Waals surface area contributed by atoms with Crippen molar-refractivity contribution in [2.45, 2.75) is 19.8 Å². The van der Waals surface area contributed by atoms with E-state index in [2.05, 4.69) is 22.3 Å². The van der Waals surface area contributed by atoms with E-state index in [1.54, 1.807) is 0 Å². The first-order valence-electron chi connectivity index (χ1n) is 5.82. The number of aromatic nitrogens is 2. The molecule has 6 heteroatoms. The molecule has 2 heterocycles. The highest BCUT2D eigenvalue weighted by Crippen LogP contribution is 2.20. The molecule has 0 aromatic carbocycles. The van der Waals surface area contributed by atoms with Gasteiger partial charge in [-0.15, -0.1) is 0 Å². The number of hydrazine groups is 1. The van der Waals surface area contributed by atoms with E-state index >= 15 is 0 Å². The summed E-state index contributed by atoms with van der Waals surface area (Å²) in [4.78, 5) is 22.0. The van der Waals surface area contributed by atoms with Gasteiger partial charge in [0.05, 0.1) is 12.4 Å². The zero-order chi connectivity index (χ0) is 12.3. The minimum Gasteiger partial charge on any atom is -0.337 e. The second-order valence-electron chi connectivity index (χ2n) is 4.25. The monoisotopic (exact) mass is 235 g/mol. The minimum absolute atomic E-state index is 0.0643. The number of rotatable bonds is 3. The van der Waals surface area contributed by atoms with Crippen LogP contribution in [0.2, 0.25) is 0 Å². The number of hydrogen-bond acceptors (Lipinski definition) is 5. The third kappa shape index (κ3) is 2.52. The number of anilines is 1. The highest BCUT2D eigenvalue weighted by Gasteiger charge is 2.26. The molecule has 1 saturated heterocycles. The molecule has 0 saturated carbocycles. The maximum atomic E-state index is 12.1. The Balaban J connectivity index is 2.09. The Hall–Kier alpha value is -1.69. The molecule has 0 bridgehead atoms. The van der Waals surface area contributed by atoms with Crippen molar-refractivity contribution in [3.8, 4) is 0 Å². The molecule has 0 radical (unpaired) electrons. The third-order valence-electron chi connectivity index (χ3n) is 3.15. The fourth-order valence-electron chi connectivity index (χ4n) is 2.05. The van der Waals surface area contributed by atoms with E-state index in [1.165, 1.54) is 12.4 Å². The highest BCUT2D eigenvalue weighted by atomic mass is 16.2. The third-order valence-corrected chi connectivity index (χ3v) is 3.15. The lowest BCUT2D eigenvalue weighted by molar-refractivity contribution is 0.0781. The maximum absolute atomic E-state index is 12.1.